The second-order valence-electron chi connectivity index (χ2n) is 8.53. The van der Waals surface area contributed by atoms with Crippen molar-refractivity contribution in [3.8, 4) is 0 Å². The van der Waals surface area contributed by atoms with Gasteiger partial charge in [-0.15, -0.1) is 0 Å². The molecular formula is C25H48O4. The molecule has 0 radical (unpaired) electrons. The summed E-state index contributed by atoms with van der Waals surface area (Å²) in [5.41, 5.74) is 0. The normalized spacial score (nSPS) is 12.1. The molecule has 0 spiro atoms. The molecule has 172 valence electrons. The van der Waals surface area contributed by atoms with Gasteiger partial charge in [0.1, 0.15) is 6.10 Å². The molecule has 0 saturated heterocycles. The van der Waals surface area contributed by atoms with E-state index in [1.165, 1.54) is 57.8 Å². The van der Waals surface area contributed by atoms with Crippen molar-refractivity contribution in [2.75, 3.05) is 0 Å². The quantitative estimate of drug-likeness (QED) is 0.145. The van der Waals surface area contributed by atoms with Gasteiger partial charge in [-0.05, 0) is 38.5 Å². The number of unbranched alkanes of at least 4 members (excludes halogenated alkanes) is 13. The summed E-state index contributed by atoms with van der Waals surface area (Å²) >= 11 is 0. The van der Waals surface area contributed by atoms with Gasteiger partial charge in [0.05, 0.1) is 0 Å². The Kier molecular flexibility index (Phi) is 20.9. The van der Waals surface area contributed by atoms with Gasteiger partial charge in [0, 0.05) is 12.8 Å². The molecular weight excluding hydrogens is 364 g/mol. The van der Waals surface area contributed by atoms with Crippen LogP contribution in [0.3, 0.4) is 0 Å². The Hall–Kier alpha value is -1.06. The van der Waals surface area contributed by atoms with E-state index < -0.39 is 5.97 Å². The van der Waals surface area contributed by atoms with Crippen LogP contribution in [-0.4, -0.2) is 23.1 Å². The largest absolute Gasteiger partial charge is 0.481 e. The van der Waals surface area contributed by atoms with Gasteiger partial charge in [0.25, 0.3) is 0 Å². The Morgan fingerprint density at radius 3 is 1.55 bits per heavy atom. The number of rotatable bonds is 22. The number of hydrogen-bond acceptors (Lipinski definition) is 3. The van der Waals surface area contributed by atoms with E-state index in [2.05, 4.69) is 13.8 Å². The van der Waals surface area contributed by atoms with E-state index in [0.29, 0.717) is 12.8 Å². The zero-order valence-corrected chi connectivity index (χ0v) is 19.4. The predicted octanol–water partition coefficient (Wildman–Crippen LogP) is 7.82. The summed E-state index contributed by atoms with van der Waals surface area (Å²) in [5.74, 6) is -0.682. The van der Waals surface area contributed by atoms with Gasteiger partial charge in [0.15, 0.2) is 0 Å². The maximum Gasteiger partial charge on any atom is 0.306 e. The number of hydrogen-bond donors (Lipinski definition) is 1. The number of aliphatic carboxylic acids is 1. The molecule has 1 atom stereocenters. The number of carbonyl (C=O) groups is 2. The highest BCUT2D eigenvalue weighted by Gasteiger charge is 2.14. The molecule has 0 bridgehead atoms. The van der Waals surface area contributed by atoms with Crippen LogP contribution >= 0.6 is 0 Å². The van der Waals surface area contributed by atoms with Crippen LogP contribution in [0.2, 0.25) is 0 Å². The first-order chi connectivity index (χ1) is 14.1. The van der Waals surface area contributed by atoms with E-state index in [-0.39, 0.29) is 12.1 Å². The first-order valence-corrected chi connectivity index (χ1v) is 12.5. The molecule has 0 aliphatic rings. The van der Waals surface area contributed by atoms with Crippen LogP contribution in [0.5, 0.6) is 0 Å². The van der Waals surface area contributed by atoms with Crippen LogP contribution in [-0.2, 0) is 14.3 Å². The van der Waals surface area contributed by atoms with Gasteiger partial charge >= 0.3 is 11.9 Å². The molecule has 0 aromatic carbocycles. The van der Waals surface area contributed by atoms with Crippen LogP contribution in [0.4, 0.5) is 0 Å². The summed E-state index contributed by atoms with van der Waals surface area (Å²) in [4.78, 5) is 22.6. The molecule has 0 rings (SSSR count). The average molecular weight is 413 g/mol. The van der Waals surface area contributed by atoms with E-state index in [4.69, 9.17) is 9.84 Å². The van der Waals surface area contributed by atoms with E-state index in [1.54, 1.807) is 0 Å². The van der Waals surface area contributed by atoms with Crippen molar-refractivity contribution in [3.63, 3.8) is 0 Å². The number of carbonyl (C=O) groups excluding carboxylic acids is 1. The maximum atomic E-state index is 12.1. The molecule has 0 fully saturated rings. The molecule has 0 saturated carbocycles. The minimum absolute atomic E-state index is 0.00274. The lowest BCUT2D eigenvalue weighted by atomic mass is 10.0. The molecule has 0 aromatic heterocycles. The molecule has 0 amide bonds. The van der Waals surface area contributed by atoms with E-state index in [9.17, 15) is 9.59 Å². The highest BCUT2D eigenvalue weighted by atomic mass is 16.5. The van der Waals surface area contributed by atoms with Crippen LogP contribution in [0.1, 0.15) is 142 Å². The van der Waals surface area contributed by atoms with Crippen LogP contribution in [0.15, 0.2) is 0 Å². The monoisotopic (exact) mass is 412 g/mol. The standard InChI is InChI=1S/C25H48O4/c1-3-5-7-15-19-23(29-25(28)22-18-8-6-4-2)20-16-13-11-9-10-12-14-17-21-24(26)27/h23H,3-22H2,1-2H3,(H,26,27). The third-order valence-electron chi connectivity index (χ3n) is 5.58. The Morgan fingerprint density at radius 2 is 1.03 bits per heavy atom. The summed E-state index contributed by atoms with van der Waals surface area (Å²) in [6.07, 6.45) is 21.4. The SMILES string of the molecule is CCCCCCC(=O)OC(CCCCCC)CCCCCCCCCCC(=O)O. The van der Waals surface area contributed by atoms with Crippen LogP contribution < -0.4 is 0 Å². The molecule has 1 unspecified atom stereocenters. The Morgan fingerprint density at radius 1 is 0.621 bits per heavy atom. The fraction of sp³-hybridized carbons (Fsp3) is 0.920. The summed E-state index contributed by atoms with van der Waals surface area (Å²) in [5, 5.41) is 8.63. The van der Waals surface area contributed by atoms with Gasteiger partial charge in [-0.1, -0.05) is 90.9 Å². The van der Waals surface area contributed by atoms with Crippen molar-refractivity contribution >= 4 is 11.9 Å². The lowest BCUT2D eigenvalue weighted by Gasteiger charge is -2.18. The number of carboxylic acids is 1. The third kappa shape index (κ3) is 21.5. The smallest absolute Gasteiger partial charge is 0.306 e. The molecule has 29 heavy (non-hydrogen) atoms. The number of esters is 1. The topological polar surface area (TPSA) is 63.6 Å². The van der Waals surface area contributed by atoms with Gasteiger partial charge in [0.2, 0.25) is 0 Å². The molecule has 0 aliphatic heterocycles. The van der Waals surface area contributed by atoms with Crippen molar-refractivity contribution in [1.29, 1.82) is 0 Å². The van der Waals surface area contributed by atoms with Gasteiger partial charge in [-0.25, -0.2) is 0 Å². The van der Waals surface area contributed by atoms with Crippen LogP contribution in [0, 0.1) is 0 Å². The predicted molar refractivity (Wildman–Crippen MR) is 121 cm³/mol. The summed E-state index contributed by atoms with van der Waals surface area (Å²) < 4.78 is 5.82. The minimum atomic E-state index is -0.684. The fourth-order valence-electron chi connectivity index (χ4n) is 3.71. The number of ether oxygens (including phenoxy) is 1. The third-order valence-corrected chi connectivity index (χ3v) is 5.58. The lowest BCUT2D eigenvalue weighted by molar-refractivity contribution is -0.150. The Bertz CT molecular complexity index is 381. The Labute approximate surface area is 180 Å². The Balaban J connectivity index is 3.86. The van der Waals surface area contributed by atoms with Gasteiger partial charge in [-0.2, -0.15) is 0 Å². The van der Waals surface area contributed by atoms with Gasteiger partial charge in [-0.3, -0.25) is 9.59 Å². The summed E-state index contributed by atoms with van der Waals surface area (Å²) in [6, 6.07) is 0. The average Bonchev–Trinajstić information content (AvgIpc) is 2.69. The van der Waals surface area contributed by atoms with Crippen molar-refractivity contribution in [2.45, 2.75) is 148 Å². The van der Waals surface area contributed by atoms with E-state index in [1.807, 2.05) is 0 Å². The molecule has 4 heteroatoms. The molecule has 0 aliphatic carbocycles. The van der Waals surface area contributed by atoms with E-state index >= 15 is 0 Å². The second-order valence-corrected chi connectivity index (χ2v) is 8.53. The molecule has 4 nitrogen and oxygen atoms in total. The van der Waals surface area contributed by atoms with Crippen molar-refractivity contribution in [1.82, 2.24) is 0 Å². The number of carboxylic acid groups (broad SMARTS) is 1. The van der Waals surface area contributed by atoms with Crippen LogP contribution in [0.25, 0.3) is 0 Å². The van der Waals surface area contributed by atoms with Crippen molar-refractivity contribution in [2.24, 2.45) is 0 Å². The first-order valence-electron chi connectivity index (χ1n) is 12.5. The highest BCUT2D eigenvalue weighted by molar-refractivity contribution is 5.69. The molecule has 0 heterocycles. The first kappa shape index (κ1) is 27.9. The fourth-order valence-corrected chi connectivity index (χ4v) is 3.71. The molecule has 0 aromatic rings. The zero-order chi connectivity index (χ0) is 21.6. The summed E-state index contributed by atoms with van der Waals surface area (Å²) in [6.45, 7) is 4.41. The lowest BCUT2D eigenvalue weighted by Crippen LogP contribution is -2.18. The van der Waals surface area contributed by atoms with Crippen molar-refractivity contribution in [3.05, 3.63) is 0 Å². The van der Waals surface area contributed by atoms with Crippen molar-refractivity contribution < 1.29 is 19.4 Å². The summed E-state index contributed by atoms with van der Waals surface area (Å²) in [7, 11) is 0. The van der Waals surface area contributed by atoms with Gasteiger partial charge < -0.3 is 9.84 Å². The zero-order valence-electron chi connectivity index (χ0n) is 19.4. The highest BCUT2D eigenvalue weighted by Crippen LogP contribution is 2.18. The maximum absolute atomic E-state index is 12.1. The second kappa shape index (κ2) is 21.6. The minimum Gasteiger partial charge on any atom is -0.481 e. The molecule has 1 N–H and O–H groups in total. The van der Waals surface area contributed by atoms with E-state index in [0.717, 1.165) is 57.8 Å².